The van der Waals surface area contributed by atoms with Gasteiger partial charge in [-0.15, -0.1) is 0 Å². The van der Waals surface area contributed by atoms with Gasteiger partial charge in [0.1, 0.15) is 11.6 Å². The largest absolute Gasteiger partial charge is 0.494 e. The van der Waals surface area contributed by atoms with Crippen LogP contribution in [0.4, 0.5) is 5.69 Å². The van der Waals surface area contributed by atoms with Crippen LogP contribution in [0.25, 0.3) is 0 Å². The molecule has 2 heterocycles. The summed E-state index contributed by atoms with van der Waals surface area (Å²) < 4.78 is 24.6. The Morgan fingerprint density at radius 1 is 1.43 bits per heavy atom. The third-order valence-corrected chi connectivity index (χ3v) is 6.96. The van der Waals surface area contributed by atoms with Gasteiger partial charge < -0.3 is 10.2 Å². The van der Waals surface area contributed by atoms with Gasteiger partial charge in [0.2, 0.25) is 5.88 Å². The molecule has 0 aliphatic carbocycles. The standard InChI is InChI=1S/C19H16ClN3O6S/c1-10-13(7-21)17(24)23(12-4-5-30(28,29)9-12)18(25)14(10)8-22-16-6-11(19(26)27)2-3-15(16)20/h2-3,6,8,12,25H,4-5,9H2,1H3,(H,26,27)/t12-/m0/s1. The summed E-state index contributed by atoms with van der Waals surface area (Å²) in [5.41, 5.74) is -0.776. The number of pyridine rings is 1. The highest BCUT2D eigenvalue weighted by atomic mass is 35.5. The number of carboxylic acids is 1. The second-order valence-corrected chi connectivity index (χ2v) is 9.45. The van der Waals surface area contributed by atoms with Gasteiger partial charge in [0.05, 0.1) is 39.4 Å². The predicted molar refractivity (Wildman–Crippen MR) is 110 cm³/mol. The lowest BCUT2D eigenvalue weighted by molar-refractivity contribution is 0.0697. The summed E-state index contributed by atoms with van der Waals surface area (Å²) in [5.74, 6) is -2.14. The molecule has 30 heavy (non-hydrogen) atoms. The van der Waals surface area contributed by atoms with Crippen molar-refractivity contribution in [2.45, 2.75) is 19.4 Å². The number of sulfone groups is 1. The highest BCUT2D eigenvalue weighted by Gasteiger charge is 2.33. The predicted octanol–water partition coefficient (Wildman–Crippen LogP) is 2.20. The van der Waals surface area contributed by atoms with E-state index in [-0.39, 0.29) is 50.9 Å². The van der Waals surface area contributed by atoms with Crippen LogP contribution >= 0.6 is 11.6 Å². The topological polar surface area (TPSA) is 150 Å². The van der Waals surface area contributed by atoms with Gasteiger partial charge >= 0.3 is 5.97 Å². The molecule has 0 saturated carbocycles. The zero-order valence-corrected chi connectivity index (χ0v) is 17.2. The first-order valence-corrected chi connectivity index (χ1v) is 10.9. The number of rotatable bonds is 4. The first kappa shape index (κ1) is 21.5. The second kappa shape index (κ2) is 7.93. The first-order chi connectivity index (χ1) is 14.1. The molecule has 0 bridgehead atoms. The zero-order valence-electron chi connectivity index (χ0n) is 15.7. The van der Waals surface area contributed by atoms with Crippen molar-refractivity contribution in [2.75, 3.05) is 11.5 Å². The molecule has 0 unspecified atom stereocenters. The number of carbonyl (C=O) groups is 1. The van der Waals surface area contributed by atoms with E-state index >= 15 is 0 Å². The molecule has 1 saturated heterocycles. The van der Waals surface area contributed by atoms with Crippen LogP contribution in [0, 0.1) is 18.3 Å². The van der Waals surface area contributed by atoms with Gasteiger partial charge in [-0.1, -0.05) is 11.6 Å². The first-order valence-electron chi connectivity index (χ1n) is 8.71. The van der Waals surface area contributed by atoms with Crippen LogP contribution in [0.15, 0.2) is 28.0 Å². The third kappa shape index (κ3) is 3.94. The summed E-state index contributed by atoms with van der Waals surface area (Å²) in [7, 11) is -3.35. The highest BCUT2D eigenvalue weighted by molar-refractivity contribution is 7.91. The number of carboxylic acid groups (broad SMARTS) is 1. The van der Waals surface area contributed by atoms with Gasteiger partial charge in [0, 0.05) is 6.21 Å². The number of nitrogens with zero attached hydrogens (tertiary/aromatic N) is 3. The van der Waals surface area contributed by atoms with Crippen molar-refractivity contribution in [1.82, 2.24) is 4.57 Å². The molecule has 0 spiro atoms. The SMILES string of the molecule is Cc1c(C=Nc2cc(C(=O)O)ccc2Cl)c(O)n([C@H]2CCS(=O)(=O)C2)c(=O)c1C#N. The normalized spacial score (nSPS) is 17.8. The quantitative estimate of drug-likeness (QED) is 0.679. The molecule has 1 aromatic carbocycles. The van der Waals surface area contributed by atoms with Crippen LogP contribution in [-0.4, -0.2) is 46.9 Å². The van der Waals surface area contributed by atoms with E-state index in [2.05, 4.69) is 4.99 Å². The molecule has 1 aliphatic rings. The summed E-state index contributed by atoms with van der Waals surface area (Å²) >= 11 is 6.05. The molecular formula is C19H16ClN3O6S. The average molecular weight is 450 g/mol. The van der Waals surface area contributed by atoms with E-state index in [1.807, 2.05) is 0 Å². The van der Waals surface area contributed by atoms with Gasteiger partial charge in [-0.3, -0.25) is 14.4 Å². The van der Waals surface area contributed by atoms with E-state index in [0.29, 0.717) is 0 Å². The van der Waals surface area contributed by atoms with Crippen LogP contribution in [0.1, 0.15) is 39.5 Å². The Balaban J connectivity index is 2.17. The maximum atomic E-state index is 12.7. The van der Waals surface area contributed by atoms with Crippen molar-refractivity contribution >= 4 is 39.3 Å². The summed E-state index contributed by atoms with van der Waals surface area (Å²) in [4.78, 5) is 28.0. The fourth-order valence-electron chi connectivity index (χ4n) is 3.29. The molecule has 2 aromatic rings. The fraction of sp³-hybridized carbons (Fsp3) is 0.263. The number of aromatic hydroxyl groups is 1. The van der Waals surface area contributed by atoms with Crippen molar-refractivity contribution in [2.24, 2.45) is 4.99 Å². The van der Waals surface area contributed by atoms with E-state index in [4.69, 9.17) is 16.7 Å². The number of aromatic nitrogens is 1. The summed E-state index contributed by atoms with van der Waals surface area (Å²) in [5, 5.41) is 29.4. The second-order valence-electron chi connectivity index (χ2n) is 6.81. The van der Waals surface area contributed by atoms with Crippen molar-refractivity contribution < 1.29 is 23.4 Å². The summed E-state index contributed by atoms with van der Waals surface area (Å²) in [6.07, 6.45) is 1.30. The Kier molecular flexibility index (Phi) is 5.70. The molecule has 1 fully saturated rings. The molecule has 0 amide bonds. The van der Waals surface area contributed by atoms with Gasteiger partial charge in [0.25, 0.3) is 5.56 Å². The third-order valence-electron chi connectivity index (χ3n) is 4.89. The van der Waals surface area contributed by atoms with Crippen LogP contribution in [0.3, 0.4) is 0 Å². The molecule has 11 heteroatoms. The number of hydrogen-bond donors (Lipinski definition) is 2. The molecule has 2 N–H and O–H groups in total. The highest BCUT2D eigenvalue weighted by Crippen LogP contribution is 2.31. The van der Waals surface area contributed by atoms with Gasteiger partial charge in [-0.05, 0) is 37.1 Å². The molecule has 3 rings (SSSR count). The molecule has 1 atom stereocenters. The summed E-state index contributed by atoms with van der Waals surface area (Å²) in [6, 6.07) is 4.88. The van der Waals surface area contributed by atoms with E-state index < -0.39 is 33.3 Å². The Morgan fingerprint density at radius 3 is 2.70 bits per heavy atom. The van der Waals surface area contributed by atoms with E-state index in [1.165, 1.54) is 25.1 Å². The lowest BCUT2D eigenvalue weighted by Gasteiger charge is -2.18. The monoisotopic (exact) mass is 449 g/mol. The van der Waals surface area contributed by atoms with E-state index in [9.17, 15) is 28.4 Å². The van der Waals surface area contributed by atoms with Crippen LogP contribution < -0.4 is 5.56 Å². The number of hydrogen-bond acceptors (Lipinski definition) is 7. The van der Waals surface area contributed by atoms with Gasteiger partial charge in [0.15, 0.2) is 9.84 Å². The maximum Gasteiger partial charge on any atom is 0.335 e. The Labute approximate surface area is 176 Å². The van der Waals surface area contributed by atoms with Gasteiger partial charge in [-0.2, -0.15) is 5.26 Å². The molecular weight excluding hydrogens is 434 g/mol. The smallest absolute Gasteiger partial charge is 0.335 e. The van der Waals surface area contributed by atoms with Crippen molar-refractivity contribution in [3.63, 3.8) is 0 Å². The number of halogens is 1. The maximum absolute atomic E-state index is 12.7. The van der Waals surface area contributed by atoms with E-state index in [0.717, 1.165) is 10.8 Å². The number of nitriles is 1. The lowest BCUT2D eigenvalue weighted by atomic mass is 10.0. The van der Waals surface area contributed by atoms with Crippen molar-refractivity contribution in [1.29, 1.82) is 5.26 Å². The number of aliphatic imine (C=N–C) groups is 1. The van der Waals surface area contributed by atoms with Crippen molar-refractivity contribution in [3.05, 3.63) is 55.8 Å². The number of aromatic carboxylic acids is 1. The van der Waals surface area contributed by atoms with Crippen molar-refractivity contribution in [3.8, 4) is 11.9 Å². The molecule has 9 nitrogen and oxygen atoms in total. The van der Waals surface area contributed by atoms with Crippen LogP contribution in [0.2, 0.25) is 5.02 Å². The minimum absolute atomic E-state index is 0.0345. The molecule has 1 aliphatic heterocycles. The average Bonchev–Trinajstić information content (AvgIpc) is 3.02. The molecule has 156 valence electrons. The minimum Gasteiger partial charge on any atom is -0.494 e. The zero-order chi connectivity index (χ0) is 22.2. The Hall–Kier alpha value is -3.16. The minimum atomic E-state index is -3.35. The van der Waals surface area contributed by atoms with Crippen LogP contribution in [-0.2, 0) is 9.84 Å². The van der Waals surface area contributed by atoms with Gasteiger partial charge in [-0.25, -0.2) is 13.2 Å². The van der Waals surface area contributed by atoms with E-state index in [1.54, 1.807) is 6.07 Å². The lowest BCUT2D eigenvalue weighted by Crippen LogP contribution is -2.29. The van der Waals surface area contributed by atoms with Crippen LogP contribution in [0.5, 0.6) is 5.88 Å². The summed E-state index contributed by atoms with van der Waals surface area (Å²) in [6.45, 7) is 1.45. The molecule has 0 radical (unpaired) electrons. The molecule has 1 aromatic heterocycles. The Bertz CT molecular complexity index is 1290. The Morgan fingerprint density at radius 2 is 2.13 bits per heavy atom. The number of benzene rings is 1. The fourth-order valence-corrected chi connectivity index (χ4v) is 5.16.